The van der Waals surface area contributed by atoms with Crippen LogP contribution in [0.15, 0.2) is 164 Å². The molecule has 7 aromatic carbocycles. The Morgan fingerprint density at radius 2 is 1.34 bits per heavy atom. The Labute approximate surface area is 366 Å². The average molecular weight is 950 g/mol. The van der Waals surface area contributed by atoms with Crippen LogP contribution in [0.1, 0.15) is 47.5 Å². The number of hydrogen-bond acceptors (Lipinski definition) is 3. The molecule has 292 valence electrons. The van der Waals surface area contributed by atoms with Crippen molar-refractivity contribution in [2.45, 2.75) is 40.4 Å². The summed E-state index contributed by atoms with van der Waals surface area (Å²) in [4.78, 5) is 10.2. The van der Waals surface area contributed by atoms with Crippen molar-refractivity contribution >= 4 is 11.0 Å². The van der Waals surface area contributed by atoms with E-state index in [1.54, 1.807) is 6.07 Å². The fraction of sp³-hybridized carbons (Fsp3) is 0.111. The van der Waals surface area contributed by atoms with E-state index in [-0.39, 0.29) is 32.4 Å². The molecule has 0 radical (unpaired) electrons. The number of para-hydroxylation sites is 1. The average Bonchev–Trinajstić information content (AvgIpc) is 3.67. The Morgan fingerprint density at radius 1 is 0.627 bits per heavy atom. The van der Waals surface area contributed by atoms with Crippen molar-refractivity contribution < 1.29 is 31.7 Å². The minimum Gasteiger partial charge on any atom is -0.507 e. The third-order valence-corrected chi connectivity index (χ3v) is 10.8. The molecule has 0 fully saturated rings. The van der Waals surface area contributed by atoms with E-state index >= 15 is 0 Å². The minimum atomic E-state index is -2.41. The molecule has 1 N–H and O–H groups in total. The summed E-state index contributed by atoms with van der Waals surface area (Å²) in [5.41, 5.74) is 14.0. The Kier molecular flexibility index (Phi) is 9.69. The number of phenolic OH excluding ortho intramolecular Hbond substituents is 1. The van der Waals surface area contributed by atoms with Gasteiger partial charge in [0, 0.05) is 44.1 Å². The van der Waals surface area contributed by atoms with Crippen LogP contribution in [0.3, 0.4) is 0 Å². The SMILES string of the molecule is [2H]C([2H])([2H])c1cc(-n2c(-c3cc(C)cc(C)c3O)nc3c(-c4[c-]c(-c5cc(-c6ccc(C([2H])(C)C)cc6)ccn5)cc(-c5ccccc5)c4)cccc32)ccc1-c1ccccc1.[Pt]. The molecule has 0 unspecified atom stereocenters. The van der Waals surface area contributed by atoms with E-state index in [4.69, 9.17) is 15.5 Å². The van der Waals surface area contributed by atoms with E-state index in [0.717, 1.165) is 66.8 Å². The van der Waals surface area contributed by atoms with Crippen LogP contribution in [-0.2, 0) is 21.1 Å². The van der Waals surface area contributed by atoms with Crippen LogP contribution in [-0.4, -0.2) is 19.6 Å². The van der Waals surface area contributed by atoms with Gasteiger partial charge in [-0.05, 0) is 107 Å². The third kappa shape index (κ3) is 7.69. The zero-order valence-electron chi connectivity index (χ0n) is 37.2. The number of pyridine rings is 1. The molecule has 0 amide bonds. The molecule has 4 nitrogen and oxygen atoms in total. The zero-order valence-corrected chi connectivity index (χ0v) is 35.5. The van der Waals surface area contributed by atoms with E-state index in [2.05, 4.69) is 48.5 Å². The van der Waals surface area contributed by atoms with Crippen LogP contribution in [0.5, 0.6) is 5.75 Å². The van der Waals surface area contributed by atoms with Crippen molar-refractivity contribution in [3.8, 4) is 78.6 Å². The summed E-state index contributed by atoms with van der Waals surface area (Å²) in [7, 11) is 0. The topological polar surface area (TPSA) is 50.9 Å². The third-order valence-electron chi connectivity index (χ3n) is 10.8. The summed E-state index contributed by atoms with van der Waals surface area (Å²) in [6.45, 7) is 5.21. The zero-order chi connectivity index (χ0) is 43.3. The largest absolute Gasteiger partial charge is 0.507 e. The first-order chi connectivity index (χ1) is 29.7. The van der Waals surface area contributed by atoms with Crippen LogP contribution < -0.4 is 0 Å². The molecule has 59 heavy (non-hydrogen) atoms. The van der Waals surface area contributed by atoms with Crippen LogP contribution >= 0.6 is 0 Å². The predicted molar refractivity (Wildman–Crippen MR) is 240 cm³/mol. The Hall–Kier alpha value is -6.35. The maximum atomic E-state index is 11.6. The van der Waals surface area contributed by atoms with E-state index < -0.39 is 12.7 Å². The van der Waals surface area contributed by atoms with Crippen molar-refractivity contribution in [2.75, 3.05) is 0 Å². The number of phenols is 1. The molecule has 0 aliphatic rings. The van der Waals surface area contributed by atoms with Gasteiger partial charge in [-0.3, -0.25) is 9.55 Å². The number of benzene rings is 7. The summed E-state index contributed by atoms with van der Waals surface area (Å²) in [5.74, 6) is -0.110. The maximum absolute atomic E-state index is 11.6. The van der Waals surface area contributed by atoms with Gasteiger partial charge < -0.3 is 5.11 Å². The first-order valence-corrected chi connectivity index (χ1v) is 19.5. The molecular weight excluding hydrogens is 902 g/mol. The summed E-state index contributed by atoms with van der Waals surface area (Å²) < 4.78 is 36.3. The molecule has 0 bridgehead atoms. The van der Waals surface area contributed by atoms with Gasteiger partial charge in [0.05, 0.1) is 16.6 Å². The van der Waals surface area contributed by atoms with Gasteiger partial charge in [-0.25, -0.2) is 4.98 Å². The predicted octanol–water partition coefficient (Wildman–Crippen LogP) is 14.0. The van der Waals surface area contributed by atoms with Gasteiger partial charge in [0.25, 0.3) is 0 Å². The Morgan fingerprint density at radius 3 is 2.07 bits per heavy atom. The molecule has 0 saturated carbocycles. The Balaban J connectivity index is 0.00000544. The summed E-state index contributed by atoms with van der Waals surface area (Å²) in [5, 5.41) is 11.6. The fourth-order valence-corrected chi connectivity index (χ4v) is 7.83. The second kappa shape index (κ2) is 16.5. The molecule has 0 aliphatic carbocycles. The second-order valence-corrected chi connectivity index (χ2v) is 15.1. The molecule has 0 saturated heterocycles. The molecular formula is C54H44N3OPt-. The number of imidazole rings is 1. The van der Waals surface area contributed by atoms with Crippen molar-refractivity contribution in [3.63, 3.8) is 0 Å². The van der Waals surface area contributed by atoms with Crippen molar-refractivity contribution in [2.24, 2.45) is 0 Å². The standard InChI is InChI=1S/C54H44N3O.Pt/c1-34(2)38-19-21-40(22-20-38)42-25-26-55-50(33-42)45-31-43(39-13-8-6-9-14-39)30-44(32-45)48-17-12-18-51-52(48)56-54(49-28-35(3)27-37(5)53(49)58)57(51)46-23-24-47(36(4)29-46)41-15-10-7-11-16-41;/h6-31,33-34,58H,1-5H3;/q-1;/i4D3,34D;. The first-order valence-electron chi connectivity index (χ1n) is 21.5. The van der Waals surface area contributed by atoms with Gasteiger partial charge in [-0.1, -0.05) is 146 Å². The minimum absolute atomic E-state index is 0. The Bertz CT molecular complexity index is 3120. The first kappa shape index (κ1) is 34.7. The smallest absolute Gasteiger partial charge is 0.148 e. The number of aromatic nitrogens is 3. The van der Waals surface area contributed by atoms with E-state index in [0.29, 0.717) is 33.7 Å². The summed E-state index contributed by atoms with van der Waals surface area (Å²) in [6, 6.07) is 55.3. The van der Waals surface area contributed by atoms with Crippen LogP contribution in [0, 0.1) is 26.8 Å². The van der Waals surface area contributed by atoms with Gasteiger partial charge in [0.1, 0.15) is 11.6 Å². The number of nitrogens with zero attached hydrogens (tertiary/aromatic N) is 3. The molecule has 0 atom stereocenters. The molecule has 5 heteroatoms. The number of fused-ring (bicyclic) bond motifs is 1. The van der Waals surface area contributed by atoms with Gasteiger partial charge in [0.2, 0.25) is 0 Å². The van der Waals surface area contributed by atoms with Crippen LogP contribution in [0.4, 0.5) is 0 Å². The maximum Gasteiger partial charge on any atom is 0.148 e. The van der Waals surface area contributed by atoms with Crippen LogP contribution in [0.2, 0.25) is 0 Å². The number of aromatic hydroxyl groups is 1. The number of rotatable bonds is 8. The molecule has 2 aromatic heterocycles. The van der Waals surface area contributed by atoms with E-state index in [1.807, 2.05) is 148 Å². The molecule has 9 rings (SSSR count). The molecule has 2 heterocycles. The second-order valence-electron chi connectivity index (χ2n) is 15.1. The normalized spacial score (nSPS) is 12.6. The molecule has 9 aromatic rings. The van der Waals surface area contributed by atoms with Gasteiger partial charge >= 0.3 is 0 Å². The fourth-order valence-electron chi connectivity index (χ4n) is 7.83. The van der Waals surface area contributed by atoms with Crippen molar-refractivity contribution in [3.05, 3.63) is 192 Å². The number of aryl methyl sites for hydroxylation is 3. The van der Waals surface area contributed by atoms with Crippen LogP contribution in [0.25, 0.3) is 83.9 Å². The van der Waals surface area contributed by atoms with Gasteiger partial charge in [0.15, 0.2) is 0 Å². The molecule has 0 aliphatic heterocycles. The quantitative estimate of drug-likeness (QED) is 0.154. The summed E-state index contributed by atoms with van der Waals surface area (Å²) >= 11 is 0. The molecule has 0 spiro atoms. The van der Waals surface area contributed by atoms with Crippen molar-refractivity contribution in [1.29, 1.82) is 0 Å². The van der Waals surface area contributed by atoms with E-state index in [9.17, 15) is 5.11 Å². The van der Waals surface area contributed by atoms with E-state index in [1.165, 1.54) is 0 Å². The monoisotopic (exact) mass is 949 g/mol. The van der Waals surface area contributed by atoms with Gasteiger partial charge in [-0.2, -0.15) is 0 Å². The van der Waals surface area contributed by atoms with Crippen molar-refractivity contribution in [1.82, 2.24) is 14.5 Å². The van der Waals surface area contributed by atoms with Gasteiger partial charge in [-0.15, -0.1) is 23.8 Å². The number of hydrogen-bond donors (Lipinski definition) is 1. The summed E-state index contributed by atoms with van der Waals surface area (Å²) in [6.07, 6.45) is 1.82.